The first-order valence-corrected chi connectivity index (χ1v) is 13.6. The van der Waals surface area contributed by atoms with Crippen LogP contribution in [-0.2, 0) is 38.0 Å². The number of aliphatic carboxylic acids is 1. The molecule has 3 fully saturated rings. The molecule has 12 N–H and O–H groups in total. The number of hydrogen-bond acceptors (Lipinski definition) is 18. The molecule has 0 radical (unpaired) electrons. The van der Waals surface area contributed by atoms with Crippen molar-refractivity contribution < 1.29 is 94.2 Å². The molecule has 0 saturated carbocycles. The number of nitrogens with one attached hydrogen (secondary N) is 1. The SMILES string of the molecule is CO[C@@H]1O[C@H](CO)[C@@H](O[C@@H]2O[C@H](CO)[C@H](O)[C@H](O[C@]3(C(=O)O)C[C@H](O)[C@@H](NC(C)=O)[C@H]([C@H](O)[C@H](O)CO)O3)[C@H]2O)[C@H](O)[C@H]1O. The first kappa shape index (κ1) is 36.8. The minimum Gasteiger partial charge on any atom is -0.477 e. The number of hydrogen-bond donors (Lipinski definition) is 12. The molecule has 3 saturated heterocycles. The first-order chi connectivity index (χ1) is 20.7. The van der Waals surface area contributed by atoms with E-state index < -0.39 is 136 Å². The van der Waals surface area contributed by atoms with Crippen molar-refractivity contribution in [3.63, 3.8) is 0 Å². The molecule has 0 aromatic rings. The fourth-order valence-corrected chi connectivity index (χ4v) is 5.34. The van der Waals surface area contributed by atoms with Crippen LogP contribution in [0.25, 0.3) is 0 Å². The second-order valence-electron chi connectivity index (χ2n) is 10.7. The van der Waals surface area contributed by atoms with Gasteiger partial charge in [-0.1, -0.05) is 0 Å². The lowest BCUT2D eigenvalue weighted by molar-refractivity contribution is -0.385. The molecule has 0 aromatic carbocycles. The average Bonchev–Trinajstić information content (AvgIpc) is 2.99. The summed E-state index contributed by atoms with van der Waals surface area (Å²) in [6.45, 7) is -1.73. The summed E-state index contributed by atoms with van der Waals surface area (Å²) < 4.78 is 32.3. The third kappa shape index (κ3) is 7.47. The number of amides is 1. The van der Waals surface area contributed by atoms with Crippen LogP contribution in [-0.4, -0.2) is 193 Å². The summed E-state index contributed by atoms with van der Waals surface area (Å²) in [5.74, 6) is -5.70. The smallest absolute Gasteiger partial charge is 0.364 e. The molecule has 0 unspecified atom stereocenters. The Morgan fingerprint density at radius 2 is 1.52 bits per heavy atom. The van der Waals surface area contributed by atoms with Crippen LogP contribution in [0.2, 0.25) is 0 Å². The van der Waals surface area contributed by atoms with Gasteiger partial charge < -0.3 is 89.9 Å². The highest BCUT2D eigenvalue weighted by Crippen LogP contribution is 2.38. The van der Waals surface area contributed by atoms with Gasteiger partial charge in [-0.2, -0.15) is 0 Å². The monoisotopic (exact) mass is 647 g/mol. The Labute approximate surface area is 249 Å². The number of ether oxygens (including phenoxy) is 6. The van der Waals surface area contributed by atoms with E-state index in [9.17, 15) is 65.8 Å². The largest absolute Gasteiger partial charge is 0.477 e. The number of carboxylic acid groups (broad SMARTS) is 1. The number of aliphatic hydroxyl groups excluding tert-OH is 10. The van der Waals surface area contributed by atoms with Crippen molar-refractivity contribution in [2.24, 2.45) is 0 Å². The molecule has 1 amide bonds. The van der Waals surface area contributed by atoms with Gasteiger partial charge in [-0.05, 0) is 0 Å². The number of aliphatic hydroxyl groups is 10. The summed E-state index contributed by atoms with van der Waals surface area (Å²) in [6, 6.07) is -1.53. The Balaban J connectivity index is 1.94. The minimum atomic E-state index is -3.01. The second kappa shape index (κ2) is 15.3. The summed E-state index contributed by atoms with van der Waals surface area (Å²) in [5, 5.41) is 116. The van der Waals surface area contributed by atoms with E-state index in [0.29, 0.717) is 0 Å². The predicted molar refractivity (Wildman–Crippen MR) is 135 cm³/mol. The zero-order valence-electron chi connectivity index (χ0n) is 23.7. The molecule has 3 aliphatic heterocycles. The summed E-state index contributed by atoms with van der Waals surface area (Å²) >= 11 is 0. The number of carbonyl (C=O) groups is 2. The number of methoxy groups -OCH3 is 1. The highest BCUT2D eigenvalue weighted by molar-refractivity contribution is 5.76. The third-order valence-corrected chi connectivity index (χ3v) is 7.68. The molecular formula is C24H41NO19. The maximum atomic E-state index is 12.6. The van der Waals surface area contributed by atoms with E-state index in [1.807, 2.05) is 0 Å². The topological polar surface area (TPSA) is 324 Å². The number of rotatable bonds is 12. The van der Waals surface area contributed by atoms with E-state index in [1.165, 1.54) is 0 Å². The molecule has 16 atom stereocenters. The van der Waals surface area contributed by atoms with Gasteiger partial charge in [0.05, 0.1) is 32.0 Å². The Kier molecular flexibility index (Phi) is 12.8. The maximum absolute atomic E-state index is 12.6. The van der Waals surface area contributed by atoms with Crippen molar-refractivity contribution in [3.8, 4) is 0 Å². The quantitative estimate of drug-likeness (QED) is 0.0935. The average molecular weight is 648 g/mol. The van der Waals surface area contributed by atoms with Gasteiger partial charge in [0.25, 0.3) is 5.79 Å². The van der Waals surface area contributed by atoms with Gasteiger partial charge >= 0.3 is 5.97 Å². The number of carboxylic acids is 1. The molecule has 0 spiro atoms. The van der Waals surface area contributed by atoms with Crippen molar-refractivity contribution in [2.75, 3.05) is 26.9 Å². The molecule has 44 heavy (non-hydrogen) atoms. The summed E-state index contributed by atoms with van der Waals surface area (Å²) in [7, 11) is 1.16. The van der Waals surface area contributed by atoms with E-state index >= 15 is 0 Å². The molecule has 0 bridgehead atoms. The molecular weight excluding hydrogens is 606 g/mol. The van der Waals surface area contributed by atoms with Crippen LogP contribution in [0, 0.1) is 0 Å². The standard InChI is InChI=1S/C24H41NO19/c1-7(29)25-12-8(30)3-24(23(37)38,43-19(12)13(32)9(31)4-26)44-20-14(33)10(5-27)40-22(17(20)36)42-18-11(6-28)41-21(39-2)16(35)15(18)34/h8-22,26-28,30-36H,3-6H2,1-2H3,(H,25,29)(H,37,38)/t8-,9+,10+,11+,12+,13+,14-,15+,16+,17+,18+,19+,20-,21+,22-,24-/m0/s1. The molecule has 20 heteroatoms. The van der Waals surface area contributed by atoms with Crippen molar-refractivity contribution >= 4 is 11.9 Å². The molecule has 0 aromatic heterocycles. The molecule has 20 nitrogen and oxygen atoms in total. The predicted octanol–water partition coefficient (Wildman–Crippen LogP) is -7.57. The van der Waals surface area contributed by atoms with Crippen molar-refractivity contribution in [1.82, 2.24) is 5.32 Å². The van der Waals surface area contributed by atoms with Gasteiger partial charge in [0.1, 0.15) is 67.1 Å². The van der Waals surface area contributed by atoms with Gasteiger partial charge in [-0.3, -0.25) is 4.79 Å². The second-order valence-corrected chi connectivity index (χ2v) is 10.7. The van der Waals surface area contributed by atoms with Crippen molar-refractivity contribution in [3.05, 3.63) is 0 Å². The van der Waals surface area contributed by atoms with Gasteiger partial charge in [-0.15, -0.1) is 0 Å². The molecule has 3 heterocycles. The maximum Gasteiger partial charge on any atom is 0.364 e. The van der Waals surface area contributed by atoms with E-state index in [-0.39, 0.29) is 0 Å². The molecule has 3 aliphatic rings. The van der Waals surface area contributed by atoms with E-state index in [4.69, 9.17) is 28.4 Å². The minimum absolute atomic E-state index is 0.741. The van der Waals surface area contributed by atoms with E-state index in [1.54, 1.807) is 0 Å². The van der Waals surface area contributed by atoms with Crippen LogP contribution in [0.1, 0.15) is 13.3 Å². The fourth-order valence-electron chi connectivity index (χ4n) is 5.34. The lowest BCUT2D eigenvalue weighted by Gasteiger charge is -2.50. The molecule has 3 rings (SSSR count). The Morgan fingerprint density at radius 1 is 0.909 bits per heavy atom. The Bertz CT molecular complexity index is 958. The van der Waals surface area contributed by atoms with Crippen LogP contribution in [0.3, 0.4) is 0 Å². The Hall–Kier alpha value is -1.70. The van der Waals surface area contributed by atoms with Crippen LogP contribution < -0.4 is 5.32 Å². The molecule has 0 aliphatic carbocycles. The first-order valence-electron chi connectivity index (χ1n) is 13.6. The van der Waals surface area contributed by atoms with Crippen LogP contribution in [0.15, 0.2) is 0 Å². The zero-order chi connectivity index (χ0) is 33.1. The molecule has 256 valence electrons. The van der Waals surface area contributed by atoms with Crippen LogP contribution in [0.4, 0.5) is 0 Å². The van der Waals surface area contributed by atoms with E-state index in [0.717, 1.165) is 14.0 Å². The van der Waals surface area contributed by atoms with Crippen molar-refractivity contribution in [1.29, 1.82) is 0 Å². The third-order valence-electron chi connectivity index (χ3n) is 7.68. The van der Waals surface area contributed by atoms with Crippen LogP contribution >= 0.6 is 0 Å². The number of carbonyl (C=O) groups excluding carboxylic acids is 1. The Morgan fingerprint density at radius 3 is 2.05 bits per heavy atom. The fraction of sp³-hybridized carbons (Fsp3) is 0.917. The van der Waals surface area contributed by atoms with E-state index in [2.05, 4.69) is 5.32 Å². The van der Waals surface area contributed by atoms with Gasteiger partial charge in [-0.25, -0.2) is 4.79 Å². The highest BCUT2D eigenvalue weighted by Gasteiger charge is 2.60. The van der Waals surface area contributed by atoms with Crippen molar-refractivity contribution in [2.45, 2.75) is 111 Å². The highest BCUT2D eigenvalue weighted by atomic mass is 16.8. The summed E-state index contributed by atoms with van der Waals surface area (Å²) in [4.78, 5) is 24.3. The summed E-state index contributed by atoms with van der Waals surface area (Å²) in [6.07, 6.45) is -26.5. The normalized spacial score (nSPS) is 44.5. The van der Waals surface area contributed by atoms with Gasteiger partial charge in [0, 0.05) is 20.5 Å². The summed E-state index contributed by atoms with van der Waals surface area (Å²) in [5.41, 5.74) is 0. The van der Waals surface area contributed by atoms with Crippen LogP contribution in [0.5, 0.6) is 0 Å². The van der Waals surface area contributed by atoms with Gasteiger partial charge in [0.2, 0.25) is 5.91 Å². The lowest BCUT2D eigenvalue weighted by Crippen LogP contribution is -2.70. The lowest BCUT2D eigenvalue weighted by atomic mass is 9.88. The van der Waals surface area contributed by atoms with Gasteiger partial charge in [0.15, 0.2) is 12.6 Å². The zero-order valence-corrected chi connectivity index (χ0v) is 23.7.